The molecular formula is C23H26BrN5O2S. The zero-order chi connectivity index (χ0) is 23.3. The van der Waals surface area contributed by atoms with E-state index < -0.39 is 0 Å². The molecule has 3 rings (SSSR count). The summed E-state index contributed by atoms with van der Waals surface area (Å²) in [4.78, 5) is 25.2. The molecule has 3 aromatic rings. The van der Waals surface area contributed by atoms with E-state index in [1.165, 1.54) is 11.8 Å². The molecule has 9 heteroatoms. The molecular weight excluding hydrogens is 490 g/mol. The molecule has 0 saturated heterocycles. The molecule has 0 fully saturated rings. The molecule has 0 spiro atoms. The monoisotopic (exact) mass is 515 g/mol. The van der Waals surface area contributed by atoms with Crippen LogP contribution in [0.1, 0.15) is 47.2 Å². The van der Waals surface area contributed by atoms with Crippen molar-refractivity contribution < 1.29 is 9.59 Å². The summed E-state index contributed by atoms with van der Waals surface area (Å²) < 4.78 is 2.65. The predicted molar refractivity (Wildman–Crippen MR) is 131 cm³/mol. The molecule has 1 heterocycles. The molecule has 7 nitrogen and oxygen atoms in total. The minimum atomic E-state index is -0.347. The lowest BCUT2D eigenvalue weighted by Crippen LogP contribution is -2.29. The van der Waals surface area contributed by atoms with Crippen LogP contribution in [0.2, 0.25) is 0 Å². The normalized spacial score (nSPS) is 11.8. The van der Waals surface area contributed by atoms with Crippen molar-refractivity contribution in [1.29, 1.82) is 0 Å². The molecule has 0 aliphatic rings. The third-order valence-electron chi connectivity index (χ3n) is 4.99. The Morgan fingerprint density at radius 3 is 2.44 bits per heavy atom. The fourth-order valence-electron chi connectivity index (χ4n) is 3.33. The number of rotatable bonds is 8. The second kappa shape index (κ2) is 10.8. The van der Waals surface area contributed by atoms with Gasteiger partial charge in [0.25, 0.3) is 5.91 Å². The summed E-state index contributed by atoms with van der Waals surface area (Å²) in [6.45, 7) is 8.42. The van der Waals surface area contributed by atoms with Crippen LogP contribution in [0.4, 0.5) is 5.69 Å². The van der Waals surface area contributed by atoms with E-state index in [-0.39, 0.29) is 23.6 Å². The summed E-state index contributed by atoms with van der Waals surface area (Å²) in [6, 6.07) is 12.8. The number of hydrogen-bond donors (Lipinski definition) is 2. The third-order valence-corrected chi connectivity index (χ3v) is 6.65. The van der Waals surface area contributed by atoms with Gasteiger partial charge in [-0.15, -0.1) is 10.2 Å². The molecule has 2 amide bonds. The standard InChI is InChI=1S/C23H26BrN5O2S/c1-5-29-21(16(4)25-22(31)17-11-6-7-12-18(17)24)27-28-23(29)32-13-19(30)26-20-14(2)9-8-10-15(20)3/h6-12,16H,5,13H2,1-4H3,(H,25,31)(H,26,30)/t16-/m1/s1. The Labute approximate surface area is 200 Å². The van der Waals surface area contributed by atoms with Crippen LogP contribution in [0, 0.1) is 13.8 Å². The minimum Gasteiger partial charge on any atom is -0.342 e. The van der Waals surface area contributed by atoms with E-state index in [1.807, 2.05) is 68.7 Å². The van der Waals surface area contributed by atoms with Crippen molar-refractivity contribution in [1.82, 2.24) is 20.1 Å². The lowest BCUT2D eigenvalue weighted by molar-refractivity contribution is -0.113. The maximum Gasteiger partial charge on any atom is 0.253 e. The van der Waals surface area contributed by atoms with Gasteiger partial charge in [0.2, 0.25) is 5.91 Å². The Kier molecular flexibility index (Phi) is 8.09. The number of anilines is 1. The summed E-state index contributed by atoms with van der Waals surface area (Å²) in [5, 5.41) is 15.1. The number of para-hydroxylation sites is 1. The van der Waals surface area contributed by atoms with Crippen LogP contribution in [0.5, 0.6) is 0 Å². The Morgan fingerprint density at radius 2 is 1.78 bits per heavy atom. The van der Waals surface area contributed by atoms with Crippen molar-refractivity contribution in [2.45, 2.75) is 45.4 Å². The summed E-state index contributed by atoms with van der Waals surface area (Å²) in [5.41, 5.74) is 3.45. The molecule has 1 atom stereocenters. The zero-order valence-electron chi connectivity index (χ0n) is 18.5. The van der Waals surface area contributed by atoms with Gasteiger partial charge >= 0.3 is 0 Å². The van der Waals surface area contributed by atoms with Gasteiger partial charge in [0.05, 0.1) is 17.4 Å². The van der Waals surface area contributed by atoms with Crippen molar-refractivity contribution in [2.75, 3.05) is 11.1 Å². The van der Waals surface area contributed by atoms with Gasteiger partial charge in [-0.1, -0.05) is 42.1 Å². The molecule has 0 aliphatic carbocycles. The SMILES string of the molecule is CCn1c(SCC(=O)Nc2c(C)cccc2C)nnc1[C@@H](C)NC(=O)c1ccccc1Br. The fraction of sp³-hybridized carbons (Fsp3) is 0.304. The van der Waals surface area contributed by atoms with Gasteiger partial charge in [-0.3, -0.25) is 9.59 Å². The molecule has 2 aromatic carbocycles. The second-order valence-electron chi connectivity index (χ2n) is 7.36. The van der Waals surface area contributed by atoms with E-state index in [4.69, 9.17) is 0 Å². The topological polar surface area (TPSA) is 88.9 Å². The van der Waals surface area contributed by atoms with Gasteiger partial charge in [0.15, 0.2) is 11.0 Å². The lowest BCUT2D eigenvalue weighted by atomic mass is 10.1. The number of aromatic nitrogens is 3. The number of thioether (sulfide) groups is 1. The summed E-state index contributed by atoms with van der Waals surface area (Å²) in [5.74, 6) is 0.558. The summed E-state index contributed by atoms with van der Waals surface area (Å²) in [6.07, 6.45) is 0. The molecule has 1 aromatic heterocycles. The summed E-state index contributed by atoms with van der Waals surface area (Å²) in [7, 11) is 0. The van der Waals surface area contributed by atoms with Crippen molar-refractivity contribution in [3.63, 3.8) is 0 Å². The van der Waals surface area contributed by atoms with Gasteiger partial charge in [-0.2, -0.15) is 0 Å². The van der Waals surface area contributed by atoms with E-state index in [0.717, 1.165) is 21.3 Å². The number of carbonyl (C=O) groups is 2. The number of benzene rings is 2. The second-order valence-corrected chi connectivity index (χ2v) is 9.16. The molecule has 0 bridgehead atoms. The molecule has 0 aliphatic heterocycles. The highest BCUT2D eigenvalue weighted by Gasteiger charge is 2.21. The van der Waals surface area contributed by atoms with Crippen molar-refractivity contribution in [3.8, 4) is 0 Å². The predicted octanol–water partition coefficient (Wildman–Crippen LogP) is 4.90. The van der Waals surface area contributed by atoms with Crippen LogP contribution in [0.3, 0.4) is 0 Å². The number of hydrogen-bond acceptors (Lipinski definition) is 5. The quantitative estimate of drug-likeness (QED) is 0.416. The maximum absolute atomic E-state index is 12.6. The first-order chi connectivity index (χ1) is 15.3. The van der Waals surface area contributed by atoms with Gasteiger partial charge in [-0.25, -0.2) is 0 Å². The fourth-order valence-corrected chi connectivity index (χ4v) is 4.60. The zero-order valence-corrected chi connectivity index (χ0v) is 20.9. The highest BCUT2D eigenvalue weighted by atomic mass is 79.9. The average Bonchev–Trinajstić information content (AvgIpc) is 3.18. The van der Waals surface area contributed by atoms with Crippen molar-refractivity contribution >= 4 is 45.2 Å². The smallest absolute Gasteiger partial charge is 0.253 e. The van der Waals surface area contributed by atoms with Crippen LogP contribution >= 0.6 is 27.7 Å². The maximum atomic E-state index is 12.6. The molecule has 168 valence electrons. The van der Waals surface area contributed by atoms with Crippen LogP contribution < -0.4 is 10.6 Å². The number of amides is 2. The van der Waals surface area contributed by atoms with Crippen molar-refractivity contribution in [2.24, 2.45) is 0 Å². The van der Waals surface area contributed by atoms with E-state index in [1.54, 1.807) is 6.07 Å². The third kappa shape index (κ3) is 5.58. The first kappa shape index (κ1) is 24.0. The summed E-state index contributed by atoms with van der Waals surface area (Å²) >= 11 is 4.73. The first-order valence-electron chi connectivity index (χ1n) is 10.3. The molecule has 0 unspecified atom stereocenters. The largest absolute Gasteiger partial charge is 0.342 e. The van der Waals surface area contributed by atoms with Gasteiger partial charge < -0.3 is 15.2 Å². The Hall–Kier alpha value is -2.65. The van der Waals surface area contributed by atoms with E-state index in [0.29, 0.717) is 23.1 Å². The van der Waals surface area contributed by atoms with E-state index in [2.05, 4.69) is 36.8 Å². The van der Waals surface area contributed by atoms with Gasteiger partial charge in [0.1, 0.15) is 0 Å². The first-order valence-corrected chi connectivity index (χ1v) is 12.1. The van der Waals surface area contributed by atoms with Crippen LogP contribution in [-0.2, 0) is 11.3 Å². The number of carbonyl (C=O) groups excluding carboxylic acids is 2. The van der Waals surface area contributed by atoms with Crippen LogP contribution in [0.25, 0.3) is 0 Å². The molecule has 0 saturated carbocycles. The lowest BCUT2D eigenvalue weighted by Gasteiger charge is -2.15. The minimum absolute atomic E-state index is 0.102. The van der Waals surface area contributed by atoms with Gasteiger partial charge in [0, 0.05) is 16.7 Å². The van der Waals surface area contributed by atoms with Crippen LogP contribution in [0.15, 0.2) is 52.1 Å². The number of nitrogens with zero attached hydrogens (tertiary/aromatic N) is 3. The number of halogens is 1. The van der Waals surface area contributed by atoms with Crippen molar-refractivity contribution in [3.05, 3.63) is 69.5 Å². The van der Waals surface area contributed by atoms with E-state index >= 15 is 0 Å². The molecule has 0 radical (unpaired) electrons. The molecule has 2 N–H and O–H groups in total. The van der Waals surface area contributed by atoms with E-state index in [9.17, 15) is 9.59 Å². The van der Waals surface area contributed by atoms with Gasteiger partial charge in [-0.05, 0) is 66.9 Å². The Bertz CT molecular complexity index is 1110. The highest BCUT2D eigenvalue weighted by Crippen LogP contribution is 2.24. The Balaban J connectivity index is 1.66. The number of nitrogens with one attached hydrogen (secondary N) is 2. The van der Waals surface area contributed by atoms with Crippen LogP contribution in [-0.4, -0.2) is 32.3 Å². The highest BCUT2D eigenvalue weighted by molar-refractivity contribution is 9.10. The number of aryl methyl sites for hydroxylation is 2. The Morgan fingerprint density at radius 1 is 1.09 bits per heavy atom. The molecule has 32 heavy (non-hydrogen) atoms. The average molecular weight is 516 g/mol.